The zero-order chi connectivity index (χ0) is 35.0. The minimum absolute atomic E-state index is 0.127. The Hall–Kier alpha value is -3.18. The molecule has 1 N–H and O–H groups in total. The van der Waals surface area contributed by atoms with Crippen molar-refractivity contribution >= 4 is 11.9 Å². The summed E-state index contributed by atoms with van der Waals surface area (Å²) in [4.78, 5) is 24.2. The number of carbonyl (C=O) groups is 2. The van der Waals surface area contributed by atoms with Gasteiger partial charge in [0, 0.05) is 12.8 Å². The third-order valence-electron chi connectivity index (χ3n) is 7.36. The molecule has 0 amide bonds. The minimum atomic E-state index is -0.827. The molecule has 0 aliphatic rings. The maximum atomic E-state index is 12.1. The molecule has 0 rings (SSSR count). The monoisotopic (exact) mass is 665 g/mol. The summed E-state index contributed by atoms with van der Waals surface area (Å²) in [6.07, 6.45) is 53.3. The smallest absolute Gasteiger partial charge is 0.306 e. The zero-order valence-electron chi connectivity index (χ0n) is 30.5. The van der Waals surface area contributed by atoms with Crippen LogP contribution in [0.2, 0.25) is 0 Å². The molecule has 0 saturated heterocycles. The molecule has 0 aliphatic carbocycles. The lowest BCUT2D eigenvalue weighted by Gasteiger charge is -2.15. The lowest BCUT2D eigenvalue weighted by Crippen LogP contribution is -2.28. The highest BCUT2D eigenvalue weighted by Gasteiger charge is 2.15. The van der Waals surface area contributed by atoms with Crippen molar-refractivity contribution in [3.05, 3.63) is 97.2 Å². The number of unbranched alkanes of at least 4 members (excludes halogenated alkanes) is 8. The molecule has 270 valence electrons. The van der Waals surface area contributed by atoms with E-state index in [-0.39, 0.29) is 38.0 Å². The van der Waals surface area contributed by atoms with Gasteiger partial charge in [-0.25, -0.2) is 0 Å². The Morgan fingerprint density at radius 2 is 0.854 bits per heavy atom. The van der Waals surface area contributed by atoms with Gasteiger partial charge in [0.15, 0.2) is 6.10 Å². The third kappa shape index (κ3) is 35.7. The average Bonchev–Trinajstić information content (AvgIpc) is 3.09. The number of hydrogen-bond donors (Lipinski definition) is 1. The Morgan fingerprint density at radius 3 is 1.25 bits per heavy atom. The van der Waals surface area contributed by atoms with Gasteiger partial charge < -0.3 is 14.6 Å². The number of esters is 2. The molecule has 0 saturated carbocycles. The largest absolute Gasteiger partial charge is 0.462 e. The maximum Gasteiger partial charge on any atom is 0.306 e. The fourth-order valence-electron chi connectivity index (χ4n) is 4.48. The molecular formula is C43H68O5. The van der Waals surface area contributed by atoms with Gasteiger partial charge in [-0.3, -0.25) is 9.59 Å². The number of rotatable bonds is 32. The molecule has 0 spiro atoms. The number of ether oxygens (including phenoxy) is 2. The molecule has 5 heteroatoms. The summed E-state index contributed by atoms with van der Waals surface area (Å²) in [6.45, 7) is 3.95. The summed E-state index contributed by atoms with van der Waals surface area (Å²) in [6, 6.07) is 0. The van der Waals surface area contributed by atoms with E-state index in [1.807, 2.05) is 12.2 Å². The summed E-state index contributed by atoms with van der Waals surface area (Å²) >= 11 is 0. The first kappa shape index (κ1) is 44.8. The quantitative estimate of drug-likeness (QED) is 0.0440. The van der Waals surface area contributed by atoms with Crippen molar-refractivity contribution in [1.29, 1.82) is 0 Å². The summed E-state index contributed by atoms with van der Waals surface area (Å²) in [7, 11) is 0. The van der Waals surface area contributed by atoms with E-state index >= 15 is 0 Å². The molecular weight excluding hydrogens is 596 g/mol. The predicted octanol–water partition coefficient (Wildman–Crippen LogP) is 11.7. The molecule has 0 radical (unpaired) electrons. The van der Waals surface area contributed by atoms with Crippen LogP contribution < -0.4 is 0 Å². The van der Waals surface area contributed by atoms with Gasteiger partial charge in [-0.15, -0.1) is 0 Å². The summed E-state index contributed by atoms with van der Waals surface area (Å²) in [5.74, 6) is -0.744. The Balaban J connectivity index is 3.81. The molecule has 0 unspecified atom stereocenters. The second kappa shape index (κ2) is 38.3. The molecule has 0 aliphatic heterocycles. The van der Waals surface area contributed by atoms with Gasteiger partial charge in [-0.05, 0) is 89.9 Å². The van der Waals surface area contributed by atoms with Crippen LogP contribution in [0.15, 0.2) is 97.2 Å². The molecule has 0 aromatic heterocycles. The molecule has 5 nitrogen and oxygen atoms in total. The van der Waals surface area contributed by atoms with E-state index in [1.54, 1.807) is 0 Å². The van der Waals surface area contributed by atoms with E-state index < -0.39 is 6.10 Å². The fourth-order valence-corrected chi connectivity index (χ4v) is 4.48. The summed E-state index contributed by atoms with van der Waals surface area (Å²) < 4.78 is 10.5. The van der Waals surface area contributed by atoms with Gasteiger partial charge >= 0.3 is 11.9 Å². The highest BCUT2D eigenvalue weighted by atomic mass is 16.6. The molecule has 1 atom stereocenters. The lowest BCUT2D eigenvalue weighted by atomic mass is 10.1. The molecule has 48 heavy (non-hydrogen) atoms. The van der Waals surface area contributed by atoms with Crippen LogP contribution in [0.25, 0.3) is 0 Å². The Kier molecular flexibility index (Phi) is 35.7. The van der Waals surface area contributed by atoms with E-state index in [9.17, 15) is 14.7 Å². The number of hydrogen-bond acceptors (Lipinski definition) is 5. The normalized spacial score (nSPS) is 13.3. The highest BCUT2D eigenvalue weighted by molar-refractivity contribution is 5.70. The van der Waals surface area contributed by atoms with Gasteiger partial charge in [0.2, 0.25) is 0 Å². The van der Waals surface area contributed by atoms with Crippen LogP contribution in [-0.4, -0.2) is 36.4 Å². The number of carbonyl (C=O) groups excluding carboxylic acids is 2. The van der Waals surface area contributed by atoms with Gasteiger partial charge in [0.1, 0.15) is 6.61 Å². The van der Waals surface area contributed by atoms with Crippen LogP contribution in [0.1, 0.15) is 142 Å². The first-order valence-electron chi connectivity index (χ1n) is 18.8. The van der Waals surface area contributed by atoms with Crippen LogP contribution in [-0.2, 0) is 19.1 Å². The van der Waals surface area contributed by atoms with Crippen molar-refractivity contribution < 1.29 is 24.2 Å². The van der Waals surface area contributed by atoms with Crippen molar-refractivity contribution in [2.45, 2.75) is 148 Å². The van der Waals surface area contributed by atoms with Crippen molar-refractivity contribution in [1.82, 2.24) is 0 Å². The fraction of sp³-hybridized carbons (Fsp3) is 0.581. The number of allylic oxidation sites excluding steroid dienone is 16. The lowest BCUT2D eigenvalue weighted by molar-refractivity contribution is -0.161. The number of aliphatic hydroxyl groups excluding tert-OH is 1. The first-order chi connectivity index (χ1) is 23.6. The molecule has 0 heterocycles. The molecule has 0 aromatic carbocycles. The third-order valence-corrected chi connectivity index (χ3v) is 7.36. The van der Waals surface area contributed by atoms with Crippen LogP contribution in [0.4, 0.5) is 0 Å². The Bertz CT molecular complexity index is 979. The molecule has 0 bridgehead atoms. The van der Waals surface area contributed by atoms with E-state index in [4.69, 9.17) is 9.47 Å². The van der Waals surface area contributed by atoms with Crippen LogP contribution in [0, 0.1) is 0 Å². The summed E-state index contributed by atoms with van der Waals surface area (Å²) in [5.41, 5.74) is 0. The minimum Gasteiger partial charge on any atom is -0.462 e. The van der Waals surface area contributed by atoms with E-state index in [0.29, 0.717) is 12.8 Å². The first-order valence-corrected chi connectivity index (χ1v) is 18.8. The van der Waals surface area contributed by atoms with Crippen LogP contribution in [0.3, 0.4) is 0 Å². The van der Waals surface area contributed by atoms with Crippen molar-refractivity contribution in [2.24, 2.45) is 0 Å². The Labute approximate surface area is 294 Å². The van der Waals surface area contributed by atoms with Gasteiger partial charge in [-0.1, -0.05) is 137 Å². The van der Waals surface area contributed by atoms with E-state index in [0.717, 1.165) is 51.4 Å². The topological polar surface area (TPSA) is 72.8 Å². The number of aliphatic hydroxyl groups is 1. The van der Waals surface area contributed by atoms with Crippen molar-refractivity contribution in [3.63, 3.8) is 0 Å². The van der Waals surface area contributed by atoms with Gasteiger partial charge in [0.05, 0.1) is 6.61 Å². The van der Waals surface area contributed by atoms with E-state index in [2.05, 4.69) is 98.9 Å². The van der Waals surface area contributed by atoms with Crippen molar-refractivity contribution in [2.75, 3.05) is 13.2 Å². The van der Waals surface area contributed by atoms with Crippen LogP contribution in [0.5, 0.6) is 0 Å². The average molecular weight is 665 g/mol. The SMILES string of the molecule is CCCCCC=CCC=CCC=CCC=CCC=CCCC(=O)OC[C@H](CO)OC(=O)CCCCC=CCC=CCC=CCCCCC. The second-order valence-electron chi connectivity index (χ2n) is 11.9. The maximum absolute atomic E-state index is 12.1. The molecule has 0 fully saturated rings. The highest BCUT2D eigenvalue weighted by Crippen LogP contribution is 2.07. The Morgan fingerprint density at radius 1 is 0.479 bits per heavy atom. The van der Waals surface area contributed by atoms with Gasteiger partial charge in [0.25, 0.3) is 0 Å². The van der Waals surface area contributed by atoms with Crippen LogP contribution >= 0.6 is 0 Å². The van der Waals surface area contributed by atoms with Crippen molar-refractivity contribution in [3.8, 4) is 0 Å². The second-order valence-corrected chi connectivity index (χ2v) is 11.9. The standard InChI is InChI=1S/C43H68O5/c1-3-5-7-9-11-13-15-17-19-20-21-22-24-25-27-29-31-33-35-37-42(45)47-40-41(39-44)48-43(46)38-36-34-32-30-28-26-23-18-16-14-12-10-8-6-4-2/h11-14,17-19,21-23,25,27-28,30-31,33,41,44H,3-10,15-16,20,24,26,29,32,34-40H2,1-2H3/t41-/m0/s1. The molecule has 0 aromatic rings. The van der Waals surface area contributed by atoms with Gasteiger partial charge in [-0.2, -0.15) is 0 Å². The summed E-state index contributed by atoms with van der Waals surface area (Å²) in [5, 5.41) is 9.52. The zero-order valence-corrected chi connectivity index (χ0v) is 30.5. The predicted molar refractivity (Wildman–Crippen MR) is 205 cm³/mol. The van der Waals surface area contributed by atoms with E-state index in [1.165, 1.54) is 51.4 Å².